The highest BCUT2D eigenvalue weighted by Gasteiger charge is 2.11. The summed E-state index contributed by atoms with van der Waals surface area (Å²) in [6.45, 7) is 0. The average Bonchev–Trinajstić information content (AvgIpc) is 3.20. The molecule has 23 heavy (non-hydrogen) atoms. The fraction of sp³-hybridized carbons (Fsp3) is 0.0625. The number of imidazole rings is 1. The van der Waals surface area contributed by atoms with Crippen molar-refractivity contribution in [1.29, 1.82) is 0 Å². The van der Waals surface area contributed by atoms with Crippen molar-refractivity contribution in [2.45, 2.75) is 10.9 Å². The van der Waals surface area contributed by atoms with Crippen LogP contribution in [0.5, 0.6) is 0 Å². The zero-order valence-electron chi connectivity index (χ0n) is 11.9. The summed E-state index contributed by atoms with van der Waals surface area (Å²) < 4.78 is 8.36. The van der Waals surface area contributed by atoms with Gasteiger partial charge in [-0.2, -0.15) is 4.98 Å². The molecule has 0 aliphatic heterocycles. The fourth-order valence-corrected chi connectivity index (χ4v) is 3.41. The van der Waals surface area contributed by atoms with Crippen molar-refractivity contribution in [2.24, 2.45) is 0 Å². The van der Waals surface area contributed by atoms with Gasteiger partial charge in [0.25, 0.3) is 0 Å². The van der Waals surface area contributed by atoms with Gasteiger partial charge in [-0.25, -0.2) is 4.98 Å². The Kier molecular flexibility index (Phi) is 3.88. The highest BCUT2D eigenvalue weighted by atomic mass is 79.9. The highest BCUT2D eigenvalue weighted by Crippen LogP contribution is 2.24. The summed E-state index contributed by atoms with van der Waals surface area (Å²) in [7, 11) is 0. The topological polar surface area (TPSA) is 56.2 Å². The van der Waals surface area contributed by atoms with Gasteiger partial charge in [0.05, 0.1) is 17.5 Å². The zero-order chi connectivity index (χ0) is 15.6. The Hall–Kier alpha value is -2.12. The third-order valence-corrected chi connectivity index (χ3v) is 4.73. The lowest BCUT2D eigenvalue weighted by atomic mass is 10.2. The largest absolute Gasteiger partial charge is 0.338 e. The van der Waals surface area contributed by atoms with Crippen molar-refractivity contribution in [3.05, 3.63) is 65.2 Å². The lowest BCUT2D eigenvalue weighted by Crippen LogP contribution is -1.88. The molecule has 0 radical (unpaired) electrons. The quantitative estimate of drug-likeness (QED) is 0.485. The van der Waals surface area contributed by atoms with Crippen molar-refractivity contribution in [3.8, 4) is 11.4 Å². The predicted molar refractivity (Wildman–Crippen MR) is 92.2 cm³/mol. The molecule has 0 amide bonds. The molecule has 0 N–H and O–H groups in total. The molecule has 0 atom stereocenters. The smallest absolute Gasteiger partial charge is 0.237 e. The van der Waals surface area contributed by atoms with E-state index in [1.165, 1.54) is 0 Å². The Bertz CT molecular complexity index is 965. The summed E-state index contributed by atoms with van der Waals surface area (Å²) in [5, 5.41) is 4.95. The number of nitrogens with zero attached hydrogens (tertiary/aromatic N) is 4. The predicted octanol–water partition coefficient (Wildman–Crippen LogP) is 4.44. The van der Waals surface area contributed by atoms with Crippen LogP contribution in [-0.2, 0) is 5.75 Å². The lowest BCUT2D eigenvalue weighted by Gasteiger charge is -1.98. The Balaban J connectivity index is 1.52. The van der Waals surface area contributed by atoms with E-state index < -0.39 is 0 Å². The summed E-state index contributed by atoms with van der Waals surface area (Å²) in [4.78, 5) is 8.86. The molecule has 0 spiro atoms. The second kappa shape index (κ2) is 6.17. The zero-order valence-corrected chi connectivity index (χ0v) is 14.3. The molecule has 114 valence electrons. The molecule has 0 saturated heterocycles. The molecule has 5 nitrogen and oxygen atoms in total. The number of rotatable bonds is 4. The first-order chi connectivity index (χ1) is 11.3. The summed E-state index contributed by atoms with van der Waals surface area (Å²) in [6.07, 6.45) is 3.84. The number of hydrogen-bond donors (Lipinski definition) is 0. The number of aromatic nitrogens is 4. The monoisotopic (exact) mass is 386 g/mol. The Morgan fingerprint density at radius 2 is 2.13 bits per heavy atom. The molecule has 0 fully saturated rings. The number of hydrogen-bond acceptors (Lipinski definition) is 5. The first kappa shape index (κ1) is 14.5. The van der Waals surface area contributed by atoms with Crippen LogP contribution in [0.15, 0.2) is 69.0 Å². The Morgan fingerprint density at radius 3 is 3.04 bits per heavy atom. The van der Waals surface area contributed by atoms with Gasteiger partial charge in [-0.1, -0.05) is 51.0 Å². The van der Waals surface area contributed by atoms with E-state index in [4.69, 9.17) is 4.52 Å². The molecule has 4 rings (SSSR count). The molecule has 0 aliphatic carbocycles. The van der Waals surface area contributed by atoms with Gasteiger partial charge in [-0.3, -0.25) is 4.40 Å². The molecule has 7 heteroatoms. The van der Waals surface area contributed by atoms with E-state index in [0.29, 0.717) is 17.5 Å². The molecule has 0 bridgehead atoms. The molecular formula is C16H11BrN4OS. The van der Waals surface area contributed by atoms with Crippen LogP contribution in [0, 0.1) is 0 Å². The molecule has 0 unspecified atom stereocenters. The van der Waals surface area contributed by atoms with Gasteiger partial charge < -0.3 is 4.52 Å². The molecule has 0 saturated carbocycles. The number of pyridine rings is 1. The maximum atomic E-state index is 5.33. The third-order valence-electron chi connectivity index (χ3n) is 3.28. The van der Waals surface area contributed by atoms with Crippen molar-refractivity contribution in [1.82, 2.24) is 19.5 Å². The van der Waals surface area contributed by atoms with Crippen LogP contribution in [0.1, 0.15) is 5.89 Å². The summed E-state index contributed by atoms with van der Waals surface area (Å²) >= 11 is 5.01. The molecule has 1 aromatic carbocycles. The van der Waals surface area contributed by atoms with Gasteiger partial charge in [0, 0.05) is 16.2 Å². The molecular weight excluding hydrogens is 376 g/mol. The molecule has 3 heterocycles. The summed E-state index contributed by atoms with van der Waals surface area (Å²) in [5.41, 5.74) is 1.99. The van der Waals surface area contributed by atoms with Crippen molar-refractivity contribution in [2.75, 3.05) is 0 Å². The number of thioether (sulfide) groups is 1. The van der Waals surface area contributed by atoms with Crippen LogP contribution in [0.4, 0.5) is 0 Å². The van der Waals surface area contributed by atoms with E-state index in [1.807, 2.05) is 59.3 Å². The number of halogens is 1. The lowest BCUT2D eigenvalue weighted by molar-refractivity contribution is 0.391. The normalized spacial score (nSPS) is 11.2. The third kappa shape index (κ3) is 3.02. The minimum atomic E-state index is 0.578. The van der Waals surface area contributed by atoms with Crippen LogP contribution < -0.4 is 0 Å². The number of benzene rings is 1. The van der Waals surface area contributed by atoms with Crippen LogP contribution in [-0.4, -0.2) is 19.5 Å². The summed E-state index contributed by atoms with van der Waals surface area (Å²) in [6, 6.07) is 13.8. The fourth-order valence-electron chi connectivity index (χ4n) is 2.21. The van der Waals surface area contributed by atoms with Gasteiger partial charge in [-0.05, 0) is 24.3 Å². The SMILES string of the molecule is Brc1cccc(-c2noc(CSc3ncc4ccccn34)n2)c1. The molecule has 4 aromatic rings. The van der Waals surface area contributed by atoms with Crippen molar-refractivity contribution < 1.29 is 4.52 Å². The Morgan fingerprint density at radius 1 is 1.17 bits per heavy atom. The second-order valence-corrected chi connectivity index (χ2v) is 6.71. The average molecular weight is 387 g/mol. The first-order valence-corrected chi connectivity index (χ1v) is 8.71. The van der Waals surface area contributed by atoms with E-state index in [0.717, 1.165) is 20.7 Å². The Labute approximate surface area is 144 Å². The maximum Gasteiger partial charge on any atom is 0.237 e. The van der Waals surface area contributed by atoms with Gasteiger partial charge in [0.15, 0.2) is 5.16 Å². The minimum Gasteiger partial charge on any atom is -0.338 e. The summed E-state index contributed by atoms with van der Waals surface area (Å²) in [5.74, 6) is 1.75. The van der Waals surface area contributed by atoms with Crippen LogP contribution in [0.3, 0.4) is 0 Å². The van der Waals surface area contributed by atoms with E-state index in [9.17, 15) is 0 Å². The maximum absolute atomic E-state index is 5.33. The van der Waals surface area contributed by atoms with E-state index >= 15 is 0 Å². The molecule has 0 aliphatic rings. The van der Waals surface area contributed by atoms with E-state index in [2.05, 4.69) is 31.1 Å². The van der Waals surface area contributed by atoms with Crippen LogP contribution >= 0.6 is 27.7 Å². The van der Waals surface area contributed by atoms with Crippen LogP contribution in [0.2, 0.25) is 0 Å². The van der Waals surface area contributed by atoms with Gasteiger partial charge in [0.1, 0.15) is 0 Å². The molecule has 3 aromatic heterocycles. The minimum absolute atomic E-state index is 0.578. The second-order valence-electron chi connectivity index (χ2n) is 4.85. The van der Waals surface area contributed by atoms with E-state index in [1.54, 1.807) is 11.8 Å². The van der Waals surface area contributed by atoms with Gasteiger partial charge >= 0.3 is 0 Å². The highest BCUT2D eigenvalue weighted by molar-refractivity contribution is 9.10. The van der Waals surface area contributed by atoms with Crippen molar-refractivity contribution >= 4 is 33.2 Å². The van der Waals surface area contributed by atoms with Crippen LogP contribution in [0.25, 0.3) is 16.9 Å². The van der Waals surface area contributed by atoms with E-state index in [-0.39, 0.29) is 0 Å². The first-order valence-electron chi connectivity index (χ1n) is 6.93. The van der Waals surface area contributed by atoms with Crippen molar-refractivity contribution in [3.63, 3.8) is 0 Å². The number of fused-ring (bicyclic) bond motifs is 1. The van der Waals surface area contributed by atoms with Gasteiger partial charge in [0.2, 0.25) is 11.7 Å². The standard InChI is InChI=1S/C16H11BrN4OS/c17-12-5-3-4-11(8-12)15-19-14(22-20-15)10-23-16-18-9-13-6-1-2-7-21(13)16/h1-9H,10H2. The van der Waals surface area contributed by atoms with Gasteiger partial charge in [-0.15, -0.1) is 0 Å².